The van der Waals surface area contributed by atoms with Crippen LogP contribution >= 0.6 is 0 Å². The van der Waals surface area contributed by atoms with Gasteiger partial charge in [-0.15, -0.1) is 0 Å². The minimum atomic E-state index is -1.13. The molecule has 3 amide bonds. The number of nitrogens with zero attached hydrogens (tertiary/aromatic N) is 1. The molecule has 2 aromatic carbocycles. The second-order valence-corrected chi connectivity index (χ2v) is 7.37. The highest BCUT2D eigenvalue weighted by Gasteiger charge is 2.54. The number of hydrogen-bond acceptors (Lipinski definition) is 5. The van der Waals surface area contributed by atoms with Crippen molar-refractivity contribution < 1.29 is 28.2 Å². The summed E-state index contributed by atoms with van der Waals surface area (Å²) in [6.45, 7) is -0.690. The van der Waals surface area contributed by atoms with Gasteiger partial charge in [-0.05, 0) is 48.1 Å². The first-order valence-electron chi connectivity index (χ1n) is 9.65. The van der Waals surface area contributed by atoms with Gasteiger partial charge in [-0.2, -0.15) is 0 Å². The summed E-state index contributed by atoms with van der Waals surface area (Å²) in [7, 11) is 1.35. The Bertz CT molecular complexity index is 1020. The van der Waals surface area contributed by atoms with Crippen molar-refractivity contribution in [1.29, 1.82) is 0 Å². The third-order valence-corrected chi connectivity index (χ3v) is 5.55. The van der Waals surface area contributed by atoms with E-state index in [1.165, 1.54) is 19.2 Å². The summed E-state index contributed by atoms with van der Waals surface area (Å²) in [5.74, 6) is -1.69. The van der Waals surface area contributed by atoms with Crippen LogP contribution in [0.25, 0.3) is 0 Å². The maximum absolute atomic E-state index is 13.8. The fourth-order valence-electron chi connectivity index (χ4n) is 4.09. The topological polar surface area (TPSA) is 84.9 Å². The largest absolute Gasteiger partial charge is 0.494 e. The molecule has 1 fully saturated rings. The van der Waals surface area contributed by atoms with E-state index in [0.29, 0.717) is 12.0 Å². The molecule has 30 heavy (non-hydrogen) atoms. The van der Waals surface area contributed by atoms with Crippen LogP contribution in [0.4, 0.5) is 9.18 Å². The molecule has 1 heterocycles. The van der Waals surface area contributed by atoms with Gasteiger partial charge in [0.25, 0.3) is 5.91 Å². The number of esters is 1. The van der Waals surface area contributed by atoms with Crippen LogP contribution in [0.15, 0.2) is 42.5 Å². The predicted molar refractivity (Wildman–Crippen MR) is 104 cm³/mol. The number of nitrogens with one attached hydrogen (secondary N) is 1. The zero-order valence-electron chi connectivity index (χ0n) is 16.4. The van der Waals surface area contributed by atoms with Crippen molar-refractivity contribution in [3.8, 4) is 5.75 Å². The van der Waals surface area contributed by atoms with Crippen molar-refractivity contribution in [2.75, 3.05) is 13.7 Å². The Morgan fingerprint density at radius 1 is 1.23 bits per heavy atom. The van der Waals surface area contributed by atoms with Crippen LogP contribution in [-0.2, 0) is 32.9 Å². The number of aryl methyl sites for hydroxylation is 1. The molecule has 156 valence electrons. The van der Waals surface area contributed by atoms with Crippen LogP contribution in [-0.4, -0.2) is 36.5 Å². The molecule has 1 aliphatic carbocycles. The number of hydrogen-bond donors (Lipinski definition) is 1. The number of imide groups is 1. The van der Waals surface area contributed by atoms with Crippen molar-refractivity contribution in [2.45, 2.75) is 31.4 Å². The standard InChI is InChI=1S/C22H21FN2O5/c1-29-18-9-8-14(11-17(18)23)13-30-19(26)12-25-20(27)22(24-21(25)28)10-4-6-15-5-2-3-7-16(15)22/h2-3,5,7-9,11H,4,6,10,12-13H2,1H3,(H,24,28)/t22-/m0/s1. The predicted octanol–water partition coefficient (Wildman–Crippen LogP) is 2.66. The van der Waals surface area contributed by atoms with Crippen molar-refractivity contribution in [3.63, 3.8) is 0 Å². The summed E-state index contributed by atoms with van der Waals surface area (Å²) in [5, 5.41) is 2.79. The van der Waals surface area contributed by atoms with Gasteiger partial charge in [0.15, 0.2) is 11.6 Å². The monoisotopic (exact) mass is 412 g/mol. The van der Waals surface area contributed by atoms with Crippen molar-refractivity contribution in [2.24, 2.45) is 0 Å². The number of rotatable bonds is 5. The Hall–Kier alpha value is -3.42. The average molecular weight is 412 g/mol. The second-order valence-electron chi connectivity index (χ2n) is 7.37. The van der Waals surface area contributed by atoms with Gasteiger partial charge in [0.1, 0.15) is 18.7 Å². The van der Waals surface area contributed by atoms with Crippen LogP contribution in [0.2, 0.25) is 0 Å². The van der Waals surface area contributed by atoms with E-state index < -0.39 is 35.8 Å². The SMILES string of the molecule is COc1ccc(COC(=O)CN2C(=O)N[C@]3(CCCc4ccccc43)C2=O)cc1F. The smallest absolute Gasteiger partial charge is 0.326 e. The number of carbonyl (C=O) groups excluding carboxylic acids is 3. The van der Waals surface area contributed by atoms with Gasteiger partial charge in [-0.1, -0.05) is 30.3 Å². The molecule has 2 aliphatic rings. The van der Waals surface area contributed by atoms with E-state index >= 15 is 0 Å². The summed E-state index contributed by atoms with van der Waals surface area (Å²) in [6.07, 6.45) is 2.07. The number of benzene rings is 2. The van der Waals surface area contributed by atoms with Crippen LogP contribution < -0.4 is 10.1 Å². The molecule has 0 bridgehead atoms. The van der Waals surface area contributed by atoms with Crippen molar-refractivity contribution in [3.05, 3.63) is 65.0 Å². The van der Waals surface area contributed by atoms with Crippen molar-refractivity contribution in [1.82, 2.24) is 10.2 Å². The lowest BCUT2D eigenvalue weighted by atomic mass is 9.76. The molecule has 1 N–H and O–H groups in total. The number of carbonyl (C=O) groups is 3. The molecule has 1 saturated heterocycles. The number of halogens is 1. The van der Waals surface area contributed by atoms with E-state index in [9.17, 15) is 18.8 Å². The fraction of sp³-hybridized carbons (Fsp3) is 0.318. The van der Waals surface area contributed by atoms with E-state index in [2.05, 4.69) is 5.32 Å². The molecule has 1 aliphatic heterocycles. The van der Waals surface area contributed by atoms with Crippen LogP contribution in [0.5, 0.6) is 5.75 Å². The molecule has 0 aromatic heterocycles. The average Bonchev–Trinajstić information content (AvgIpc) is 2.97. The van der Waals surface area contributed by atoms with E-state index in [4.69, 9.17) is 9.47 Å². The van der Waals surface area contributed by atoms with Gasteiger partial charge in [-0.25, -0.2) is 9.18 Å². The highest BCUT2D eigenvalue weighted by molar-refractivity contribution is 6.09. The Morgan fingerprint density at radius 3 is 2.80 bits per heavy atom. The third kappa shape index (κ3) is 3.38. The van der Waals surface area contributed by atoms with Gasteiger partial charge in [0, 0.05) is 0 Å². The van der Waals surface area contributed by atoms with Gasteiger partial charge in [0.05, 0.1) is 7.11 Å². The second kappa shape index (κ2) is 7.78. The molecular formula is C22H21FN2O5. The molecule has 1 spiro atoms. The number of urea groups is 1. The zero-order valence-corrected chi connectivity index (χ0v) is 16.4. The number of fused-ring (bicyclic) bond motifs is 2. The maximum atomic E-state index is 13.8. The molecule has 0 saturated carbocycles. The molecular weight excluding hydrogens is 391 g/mol. The summed E-state index contributed by atoms with van der Waals surface area (Å²) < 4.78 is 23.7. The maximum Gasteiger partial charge on any atom is 0.326 e. The van der Waals surface area contributed by atoms with Gasteiger partial charge >= 0.3 is 12.0 Å². The molecule has 2 aromatic rings. The molecule has 1 atom stereocenters. The number of methoxy groups -OCH3 is 1. The number of amides is 3. The van der Waals surface area contributed by atoms with Crippen molar-refractivity contribution >= 4 is 17.9 Å². The molecule has 4 rings (SSSR count). The van der Waals surface area contributed by atoms with Crippen LogP contribution in [0.1, 0.15) is 29.5 Å². The summed E-state index contributed by atoms with van der Waals surface area (Å²) in [5.41, 5.74) is 1.09. The minimum Gasteiger partial charge on any atom is -0.494 e. The quantitative estimate of drug-likeness (QED) is 0.603. The van der Waals surface area contributed by atoms with E-state index in [0.717, 1.165) is 28.9 Å². The highest BCUT2D eigenvalue weighted by atomic mass is 19.1. The summed E-state index contributed by atoms with van der Waals surface area (Å²) >= 11 is 0. The lowest BCUT2D eigenvalue weighted by molar-refractivity contribution is -0.149. The Balaban J connectivity index is 1.44. The number of ether oxygens (including phenoxy) is 2. The fourth-order valence-corrected chi connectivity index (χ4v) is 4.09. The molecule has 7 nitrogen and oxygen atoms in total. The Kier molecular flexibility index (Phi) is 5.15. The minimum absolute atomic E-state index is 0.0856. The van der Waals surface area contributed by atoms with Gasteiger partial charge in [-0.3, -0.25) is 14.5 Å². The van der Waals surface area contributed by atoms with Gasteiger partial charge in [0.2, 0.25) is 0 Å². The first kappa shape index (κ1) is 19.9. The first-order chi connectivity index (χ1) is 14.4. The summed E-state index contributed by atoms with van der Waals surface area (Å²) in [4.78, 5) is 38.8. The normalized spacial score (nSPS) is 20.1. The Labute approximate surface area is 172 Å². The molecule has 0 unspecified atom stereocenters. The van der Waals surface area contributed by atoms with E-state index in [1.54, 1.807) is 6.07 Å². The lowest BCUT2D eigenvalue weighted by Gasteiger charge is -2.33. The highest BCUT2D eigenvalue weighted by Crippen LogP contribution is 2.39. The third-order valence-electron chi connectivity index (χ3n) is 5.55. The lowest BCUT2D eigenvalue weighted by Crippen LogP contribution is -2.46. The van der Waals surface area contributed by atoms with E-state index in [-0.39, 0.29) is 12.4 Å². The van der Waals surface area contributed by atoms with Crippen LogP contribution in [0.3, 0.4) is 0 Å². The van der Waals surface area contributed by atoms with E-state index in [1.807, 2.05) is 24.3 Å². The molecule has 8 heteroatoms. The first-order valence-corrected chi connectivity index (χ1v) is 9.65. The van der Waals surface area contributed by atoms with Gasteiger partial charge < -0.3 is 14.8 Å². The summed E-state index contributed by atoms with van der Waals surface area (Å²) in [6, 6.07) is 11.1. The zero-order chi connectivity index (χ0) is 21.3. The molecule has 0 radical (unpaired) electrons. The van der Waals surface area contributed by atoms with Crippen LogP contribution in [0, 0.1) is 5.82 Å². The Morgan fingerprint density at radius 2 is 2.03 bits per heavy atom.